The van der Waals surface area contributed by atoms with Gasteiger partial charge >= 0.3 is 5.97 Å². The van der Waals surface area contributed by atoms with Crippen LogP contribution < -0.4 is 5.32 Å². The van der Waals surface area contributed by atoms with Crippen LogP contribution in [0.5, 0.6) is 0 Å². The quantitative estimate of drug-likeness (QED) is 0.881. The lowest BCUT2D eigenvalue weighted by atomic mass is 10.1. The largest absolute Gasteiger partial charge is 0.478 e. The van der Waals surface area contributed by atoms with E-state index in [0.717, 1.165) is 4.88 Å². The van der Waals surface area contributed by atoms with E-state index in [4.69, 9.17) is 21.1 Å². The first-order valence-electron chi connectivity index (χ1n) is 6.24. The molecule has 0 bridgehead atoms. The van der Waals surface area contributed by atoms with Crippen molar-refractivity contribution >= 4 is 34.8 Å². The van der Waals surface area contributed by atoms with Crippen molar-refractivity contribution in [2.45, 2.75) is 26.3 Å². The van der Waals surface area contributed by atoms with E-state index in [-0.39, 0.29) is 23.9 Å². The molecule has 0 saturated carbocycles. The topological polar surface area (TPSA) is 79.5 Å². The Kier molecular flexibility index (Phi) is 4.69. The zero-order chi connectivity index (χ0) is 15.6. The number of carbonyl (C=O) groups excluding carboxylic acids is 1. The average Bonchev–Trinajstić information content (AvgIpc) is 3.01. The zero-order valence-electron chi connectivity index (χ0n) is 11.5. The number of aromatic carboxylic acids is 1. The normalized spacial score (nSPS) is 12.1. The highest BCUT2D eigenvalue weighted by molar-refractivity contribution is 7.16. The van der Waals surface area contributed by atoms with Gasteiger partial charge in [-0.15, -0.1) is 11.3 Å². The lowest BCUT2D eigenvalue weighted by molar-refractivity contribution is -0.122. The van der Waals surface area contributed by atoms with Gasteiger partial charge in [-0.2, -0.15) is 0 Å². The molecule has 0 aromatic carbocycles. The number of carboxylic acids is 1. The van der Waals surface area contributed by atoms with Gasteiger partial charge < -0.3 is 14.8 Å². The molecule has 0 fully saturated rings. The van der Waals surface area contributed by atoms with Gasteiger partial charge in [0, 0.05) is 4.88 Å². The second-order valence-corrected chi connectivity index (χ2v) is 6.32. The van der Waals surface area contributed by atoms with Crippen LogP contribution in [0.2, 0.25) is 4.34 Å². The number of amides is 1. The Morgan fingerprint density at radius 1 is 1.48 bits per heavy atom. The molecule has 1 atom stereocenters. The van der Waals surface area contributed by atoms with Crippen molar-refractivity contribution in [1.29, 1.82) is 0 Å². The van der Waals surface area contributed by atoms with Gasteiger partial charge in [-0.1, -0.05) is 11.6 Å². The van der Waals surface area contributed by atoms with E-state index in [1.54, 1.807) is 19.9 Å². The SMILES string of the molecule is Cc1oc(CNC(=O)C(C)c2ccc(Cl)s2)cc1C(=O)O. The molecule has 0 aliphatic carbocycles. The van der Waals surface area contributed by atoms with Crippen LogP contribution in [-0.4, -0.2) is 17.0 Å². The molecule has 21 heavy (non-hydrogen) atoms. The van der Waals surface area contributed by atoms with Gasteiger partial charge in [0.25, 0.3) is 0 Å². The fraction of sp³-hybridized carbons (Fsp3) is 0.286. The van der Waals surface area contributed by atoms with Gasteiger partial charge in [0.05, 0.1) is 16.8 Å². The Balaban J connectivity index is 1.98. The van der Waals surface area contributed by atoms with Crippen molar-refractivity contribution in [2.24, 2.45) is 0 Å². The summed E-state index contributed by atoms with van der Waals surface area (Å²) in [5.41, 5.74) is 0.109. The van der Waals surface area contributed by atoms with Gasteiger partial charge in [0.2, 0.25) is 5.91 Å². The maximum atomic E-state index is 12.0. The van der Waals surface area contributed by atoms with E-state index >= 15 is 0 Å². The second-order valence-electron chi connectivity index (χ2n) is 4.57. The number of halogens is 1. The first-order valence-corrected chi connectivity index (χ1v) is 7.43. The summed E-state index contributed by atoms with van der Waals surface area (Å²) in [4.78, 5) is 23.8. The van der Waals surface area contributed by atoms with Crippen molar-refractivity contribution in [1.82, 2.24) is 5.32 Å². The molecule has 0 radical (unpaired) electrons. The number of aryl methyl sites for hydroxylation is 1. The molecule has 5 nitrogen and oxygen atoms in total. The Morgan fingerprint density at radius 3 is 2.71 bits per heavy atom. The Bertz CT molecular complexity index is 676. The molecule has 112 valence electrons. The second kappa shape index (κ2) is 6.32. The van der Waals surface area contributed by atoms with Crippen LogP contribution >= 0.6 is 22.9 Å². The number of carbonyl (C=O) groups is 2. The van der Waals surface area contributed by atoms with Gasteiger partial charge in [0.15, 0.2) is 0 Å². The number of hydrogen-bond acceptors (Lipinski definition) is 4. The van der Waals surface area contributed by atoms with Gasteiger partial charge in [-0.25, -0.2) is 4.79 Å². The number of carboxylic acid groups (broad SMARTS) is 1. The summed E-state index contributed by atoms with van der Waals surface area (Å²) in [5.74, 6) is -0.799. The molecule has 0 aliphatic rings. The summed E-state index contributed by atoms with van der Waals surface area (Å²) in [6, 6.07) is 4.99. The van der Waals surface area contributed by atoms with Crippen LogP contribution in [0.1, 0.15) is 39.6 Å². The summed E-state index contributed by atoms with van der Waals surface area (Å²) < 4.78 is 5.94. The summed E-state index contributed by atoms with van der Waals surface area (Å²) in [5, 5.41) is 11.7. The minimum absolute atomic E-state index is 0.109. The van der Waals surface area contributed by atoms with Gasteiger partial charge in [-0.3, -0.25) is 4.79 Å². The zero-order valence-corrected chi connectivity index (χ0v) is 13.0. The average molecular weight is 328 g/mol. The lowest BCUT2D eigenvalue weighted by Crippen LogP contribution is -2.26. The molecule has 0 saturated heterocycles. The minimum Gasteiger partial charge on any atom is -0.478 e. The minimum atomic E-state index is -1.05. The molecule has 2 heterocycles. The number of thiophene rings is 1. The molecule has 2 aromatic rings. The summed E-state index contributed by atoms with van der Waals surface area (Å²) in [6.45, 7) is 3.51. The molecule has 1 amide bonds. The maximum absolute atomic E-state index is 12.0. The van der Waals surface area contributed by atoms with E-state index < -0.39 is 5.97 Å². The standard InChI is InChI=1S/C14H14ClNO4S/c1-7(11-3-4-12(15)21-11)13(17)16-6-9-5-10(14(18)19)8(2)20-9/h3-5,7H,6H2,1-2H3,(H,16,17)(H,18,19). The molecular formula is C14H14ClNO4S. The molecule has 0 spiro atoms. The predicted octanol–water partition coefficient (Wildman–Crippen LogP) is 3.42. The highest BCUT2D eigenvalue weighted by atomic mass is 35.5. The smallest absolute Gasteiger partial charge is 0.339 e. The summed E-state index contributed by atoms with van der Waals surface area (Å²) in [7, 11) is 0. The van der Waals surface area contributed by atoms with E-state index in [2.05, 4.69) is 5.32 Å². The molecule has 7 heteroatoms. The number of furan rings is 1. The van der Waals surface area contributed by atoms with E-state index in [9.17, 15) is 9.59 Å². The van der Waals surface area contributed by atoms with Crippen LogP contribution in [0.25, 0.3) is 0 Å². The van der Waals surface area contributed by atoms with E-state index in [1.807, 2.05) is 6.07 Å². The molecule has 2 rings (SSSR count). The molecular weight excluding hydrogens is 314 g/mol. The fourth-order valence-electron chi connectivity index (χ4n) is 1.86. The molecule has 2 N–H and O–H groups in total. The van der Waals surface area contributed by atoms with Crippen molar-refractivity contribution in [3.8, 4) is 0 Å². The van der Waals surface area contributed by atoms with Crippen LogP contribution in [-0.2, 0) is 11.3 Å². The maximum Gasteiger partial charge on any atom is 0.339 e. The van der Waals surface area contributed by atoms with Crippen molar-refractivity contribution < 1.29 is 19.1 Å². The van der Waals surface area contributed by atoms with Gasteiger partial charge in [0.1, 0.15) is 17.1 Å². The first kappa shape index (κ1) is 15.6. The molecule has 0 aliphatic heterocycles. The van der Waals surface area contributed by atoms with E-state index in [1.165, 1.54) is 17.4 Å². The third-order valence-corrected chi connectivity index (χ3v) is 4.46. The number of nitrogens with one attached hydrogen (secondary N) is 1. The van der Waals surface area contributed by atoms with Crippen LogP contribution in [0, 0.1) is 6.92 Å². The highest BCUT2D eigenvalue weighted by Crippen LogP contribution is 2.28. The van der Waals surface area contributed by atoms with Crippen molar-refractivity contribution in [3.63, 3.8) is 0 Å². The van der Waals surface area contributed by atoms with Gasteiger partial charge in [-0.05, 0) is 32.0 Å². The predicted molar refractivity (Wildman–Crippen MR) is 80.0 cm³/mol. The highest BCUT2D eigenvalue weighted by Gasteiger charge is 2.18. The Morgan fingerprint density at radius 2 is 2.19 bits per heavy atom. The number of hydrogen-bond donors (Lipinski definition) is 2. The summed E-state index contributed by atoms with van der Waals surface area (Å²) >= 11 is 7.21. The van der Waals surface area contributed by atoms with Crippen LogP contribution in [0.15, 0.2) is 22.6 Å². The third-order valence-electron chi connectivity index (χ3n) is 3.05. The fourth-order valence-corrected chi connectivity index (χ4v) is 2.97. The Hall–Kier alpha value is -1.79. The summed E-state index contributed by atoms with van der Waals surface area (Å²) in [6.07, 6.45) is 0. The van der Waals surface area contributed by atoms with Crippen molar-refractivity contribution in [3.05, 3.63) is 44.5 Å². The Labute approximate surface area is 130 Å². The van der Waals surface area contributed by atoms with Crippen LogP contribution in [0.4, 0.5) is 0 Å². The van der Waals surface area contributed by atoms with Crippen molar-refractivity contribution in [2.75, 3.05) is 0 Å². The first-order chi connectivity index (χ1) is 9.88. The molecule has 1 unspecified atom stereocenters. The monoisotopic (exact) mass is 327 g/mol. The third kappa shape index (κ3) is 3.65. The van der Waals surface area contributed by atoms with Crippen LogP contribution in [0.3, 0.4) is 0 Å². The van der Waals surface area contributed by atoms with E-state index in [0.29, 0.717) is 15.9 Å². The number of rotatable bonds is 5. The molecule has 2 aromatic heterocycles. The lowest BCUT2D eigenvalue weighted by Gasteiger charge is -2.09.